The zero-order chi connectivity index (χ0) is 17.9. The van der Waals surface area contributed by atoms with E-state index in [1.807, 2.05) is 6.08 Å². The number of hydrogen-bond acceptors (Lipinski definition) is 4. The minimum absolute atomic E-state index is 0.197. The third kappa shape index (κ3) is 19.7. The molecule has 4 heteroatoms. The third-order valence-electron chi connectivity index (χ3n) is 3.08. The Morgan fingerprint density at radius 2 is 1.54 bits per heavy atom. The van der Waals surface area contributed by atoms with Gasteiger partial charge in [-0.3, -0.25) is 4.79 Å². The molecule has 0 amide bonds. The molecule has 0 fully saturated rings. The van der Waals surface area contributed by atoms with E-state index < -0.39 is 5.95 Å². The van der Waals surface area contributed by atoms with Gasteiger partial charge < -0.3 is 14.9 Å². The van der Waals surface area contributed by atoms with E-state index in [-0.39, 0.29) is 12.4 Å². The highest BCUT2D eigenvalue weighted by atomic mass is 16.5. The van der Waals surface area contributed by atoms with Gasteiger partial charge in [-0.15, -0.1) is 0 Å². The molecule has 0 saturated heterocycles. The van der Waals surface area contributed by atoms with Gasteiger partial charge in [0.25, 0.3) is 5.95 Å². The number of aliphatic hydroxyl groups is 2. The Balaban J connectivity index is 3.39. The first-order chi connectivity index (χ1) is 11.6. The summed E-state index contributed by atoms with van der Waals surface area (Å²) in [5.74, 6) is 10.1. The molecule has 0 aromatic rings. The van der Waals surface area contributed by atoms with Crippen LogP contribution in [0.25, 0.3) is 0 Å². The fourth-order valence-corrected chi connectivity index (χ4v) is 1.88. The quantitative estimate of drug-likeness (QED) is 0.191. The van der Waals surface area contributed by atoms with Crippen LogP contribution in [-0.2, 0) is 9.53 Å². The van der Waals surface area contributed by atoms with Gasteiger partial charge in [-0.05, 0) is 31.1 Å². The molecule has 132 valence electrons. The molecule has 2 N–H and O–H groups in total. The maximum Gasteiger partial charge on any atom is 0.302 e. The molecule has 0 aliphatic heterocycles. The van der Waals surface area contributed by atoms with Gasteiger partial charge in [0.15, 0.2) is 0 Å². The highest BCUT2D eigenvalue weighted by molar-refractivity contribution is 5.65. The maximum atomic E-state index is 10.6. The summed E-state index contributed by atoms with van der Waals surface area (Å²) in [5.41, 5.74) is 0. The molecule has 0 aromatic carbocycles. The van der Waals surface area contributed by atoms with Crippen LogP contribution in [0.3, 0.4) is 0 Å². The summed E-state index contributed by atoms with van der Waals surface area (Å²) in [5, 5.41) is 17.0. The summed E-state index contributed by atoms with van der Waals surface area (Å²) in [7, 11) is 0. The number of unbranched alkanes of at least 4 members (excludes halogenated alkanes) is 6. The summed E-state index contributed by atoms with van der Waals surface area (Å²) in [4.78, 5) is 10.6. The normalized spacial score (nSPS) is 9.54. The van der Waals surface area contributed by atoms with E-state index in [0.717, 1.165) is 19.3 Å². The second-order valence-corrected chi connectivity index (χ2v) is 5.30. The maximum absolute atomic E-state index is 10.6. The number of esters is 1. The highest BCUT2D eigenvalue weighted by Crippen LogP contribution is 2.07. The van der Waals surface area contributed by atoms with Crippen LogP contribution in [0.5, 0.6) is 0 Å². The number of carbonyl (C=O) groups is 1. The first-order valence-electron chi connectivity index (χ1n) is 8.45. The molecule has 0 aliphatic carbocycles. The van der Waals surface area contributed by atoms with E-state index >= 15 is 0 Å². The minimum atomic E-state index is -0.706. The van der Waals surface area contributed by atoms with Crippen LogP contribution >= 0.6 is 0 Å². The molecular formula is C20H28O4. The van der Waals surface area contributed by atoms with Gasteiger partial charge in [-0.1, -0.05) is 49.7 Å². The van der Waals surface area contributed by atoms with Crippen LogP contribution < -0.4 is 0 Å². The standard InChI is InChI=1S/C20H28O4/c1-19(21)24-18-16-14-12-10-8-6-4-2-3-5-7-9-11-13-15-17-20(22)23/h2-3,17,22-23H,4-6,8,10,12,14-16,18H2,1H3. The molecule has 0 aromatic heterocycles. The van der Waals surface area contributed by atoms with Gasteiger partial charge in [-0.25, -0.2) is 0 Å². The number of aliphatic hydroxyl groups excluding tert-OH is 1. The first-order valence-corrected chi connectivity index (χ1v) is 8.45. The smallest absolute Gasteiger partial charge is 0.302 e. The predicted octanol–water partition coefficient (Wildman–Crippen LogP) is 4.58. The molecule has 4 nitrogen and oxygen atoms in total. The zero-order valence-electron chi connectivity index (χ0n) is 14.5. The monoisotopic (exact) mass is 332 g/mol. The number of hydrogen-bond donors (Lipinski definition) is 2. The van der Waals surface area contributed by atoms with Crippen molar-refractivity contribution in [3.05, 3.63) is 24.2 Å². The van der Waals surface area contributed by atoms with Crippen LogP contribution in [0, 0.1) is 23.7 Å². The summed E-state index contributed by atoms with van der Waals surface area (Å²) in [6.07, 6.45) is 14.4. The van der Waals surface area contributed by atoms with Crippen molar-refractivity contribution in [2.45, 2.75) is 64.7 Å². The third-order valence-corrected chi connectivity index (χ3v) is 3.08. The molecular weight excluding hydrogens is 304 g/mol. The number of carbonyl (C=O) groups excluding carboxylic acids is 1. The number of ether oxygens (including phenoxy) is 1. The molecule has 0 unspecified atom stereocenters. The van der Waals surface area contributed by atoms with Gasteiger partial charge >= 0.3 is 5.97 Å². The summed E-state index contributed by atoms with van der Waals surface area (Å²) >= 11 is 0. The van der Waals surface area contributed by atoms with E-state index in [0.29, 0.717) is 13.0 Å². The van der Waals surface area contributed by atoms with Crippen molar-refractivity contribution in [1.29, 1.82) is 0 Å². The van der Waals surface area contributed by atoms with E-state index in [4.69, 9.17) is 14.9 Å². The lowest BCUT2D eigenvalue weighted by Gasteiger charge is -2.01. The highest BCUT2D eigenvalue weighted by Gasteiger charge is 1.93. The Bertz CT molecular complexity index is 505. The largest absolute Gasteiger partial charge is 0.481 e. The number of rotatable bonds is 11. The molecule has 0 bridgehead atoms. The van der Waals surface area contributed by atoms with Crippen molar-refractivity contribution in [2.75, 3.05) is 6.61 Å². The molecule has 24 heavy (non-hydrogen) atoms. The lowest BCUT2D eigenvalue weighted by molar-refractivity contribution is -0.141. The van der Waals surface area contributed by atoms with Gasteiger partial charge in [0.1, 0.15) is 0 Å². The van der Waals surface area contributed by atoms with Gasteiger partial charge in [0.05, 0.1) is 6.61 Å². The molecule has 0 aliphatic rings. The lowest BCUT2D eigenvalue weighted by Crippen LogP contribution is -1.99. The van der Waals surface area contributed by atoms with Gasteiger partial charge in [-0.2, -0.15) is 0 Å². The molecule has 0 radical (unpaired) electrons. The Kier molecular flexibility index (Phi) is 15.4. The van der Waals surface area contributed by atoms with Crippen molar-refractivity contribution in [3.8, 4) is 23.7 Å². The second kappa shape index (κ2) is 17.0. The lowest BCUT2D eigenvalue weighted by atomic mass is 10.1. The van der Waals surface area contributed by atoms with Gasteiger partial charge in [0.2, 0.25) is 0 Å². The summed E-state index contributed by atoms with van der Waals surface area (Å²) in [6, 6.07) is 0. The second-order valence-electron chi connectivity index (χ2n) is 5.30. The van der Waals surface area contributed by atoms with Crippen molar-refractivity contribution < 1.29 is 19.7 Å². The molecule has 0 rings (SSSR count). The molecule has 0 saturated carbocycles. The van der Waals surface area contributed by atoms with E-state index in [1.165, 1.54) is 38.7 Å². The zero-order valence-corrected chi connectivity index (χ0v) is 14.5. The Labute approximate surface area is 145 Å². The van der Waals surface area contributed by atoms with Gasteiger partial charge in [0, 0.05) is 25.8 Å². The van der Waals surface area contributed by atoms with Crippen molar-refractivity contribution in [3.63, 3.8) is 0 Å². The van der Waals surface area contributed by atoms with Crippen molar-refractivity contribution in [2.24, 2.45) is 0 Å². The van der Waals surface area contributed by atoms with E-state index in [1.54, 1.807) is 0 Å². The van der Waals surface area contributed by atoms with Crippen LogP contribution in [0.15, 0.2) is 24.2 Å². The first kappa shape index (κ1) is 21.7. The number of allylic oxidation sites excluding steroid dienone is 3. The Hall–Kier alpha value is -2.33. The van der Waals surface area contributed by atoms with E-state index in [2.05, 4.69) is 29.8 Å². The van der Waals surface area contributed by atoms with Crippen LogP contribution in [-0.4, -0.2) is 22.8 Å². The van der Waals surface area contributed by atoms with Crippen LogP contribution in [0.1, 0.15) is 64.7 Å². The molecule has 0 spiro atoms. The Morgan fingerprint density at radius 1 is 0.917 bits per heavy atom. The van der Waals surface area contributed by atoms with Crippen molar-refractivity contribution in [1.82, 2.24) is 0 Å². The molecule has 0 heterocycles. The minimum Gasteiger partial charge on any atom is -0.481 e. The summed E-state index contributed by atoms with van der Waals surface area (Å²) in [6.45, 7) is 1.99. The topological polar surface area (TPSA) is 66.8 Å². The van der Waals surface area contributed by atoms with E-state index in [9.17, 15) is 4.79 Å². The average molecular weight is 332 g/mol. The fraction of sp³-hybridized carbons (Fsp3) is 0.550. The predicted molar refractivity (Wildman–Crippen MR) is 96.2 cm³/mol. The van der Waals surface area contributed by atoms with Crippen LogP contribution in [0.2, 0.25) is 0 Å². The van der Waals surface area contributed by atoms with Crippen LogP contribution in [0.4, 0.5) is 0 Å². The SMILES string of the molecule is CC(=O)OCCCCCCCCC=CCC#CC#CCC=C(O)O. The molecule has 0 atom stereocenters. The summed E-state index contributed by atoms with van der Waals surface area (Å²) < 4.78 is 4.88. The van der Waals surface area contributed by atoms with Crippen molar-refractivity contribution >= 4 is 5.97 Å². The fourth-order valence-electron chi connectivity index (χ4n) is 1.88. The average Bonchev–Trinajstić information content (AvgIpc) is 2.53. The Morgan fingerprint density at radius 3 is 2.21 bits per heavy atom.